The third-order valence-corrected chi connectivity index (χ3v) is 4.87. The number of rotatable bonds is 6. The highest BCUT2D eigenvalue weighted by Gasteiger charge is 2.38. The van der Waals surface area contributed by atoms with Crippen molar-refractivity contribution in [3.05, 3.63) is 12.7 Å². The van der Waals surface area contributed by atoms with Crippen LogP contribution in [0, 0.1) is 17.3 Å². The molecule has 2 rings (SSSR count). The lowest BCUT2D eigenvalue weighted by atomic mass is 9.60. The van der Waals surface area contributed by atoms with E-state index < -0.39 is 0 Å². The molecule has 0 spiro atoms. The highest BCUT2D eigenvalue weighted by atomic mass is 16.7. The van der Waals surface area contributed by atoms with Gasteiger partial charge < -0.3 is 9.47 Å². The van der Waals surface area contributed by atoms with Crippen LogP contribution in [0.25, 0.3) is 0 Å². The van der Waals surface area contributed by atoms with E-state index in [1.807, 2.05) is 0 Å². The fourth-order valence-electron chi connectivity index (χ4n) is 4.11. The Hall–Kier alpha value is -0.340. The molecule has 0 aliphatic heterocycles. The zero-order valence-corrected chi connectivity index (χ0v) is 12.0. The van der Waals surface area contributed by atoms with E-state index in [-0.39, 0.29) is 6.29 Å². The van der Waals surface area contributed by atoms with Crippen molar-refractivity contribution in [1.82, 2.24) is 0 Å². The average molecular weight is 252 g/mol. The van der Waals surface area contributed by atoms with E-state index in [4.69, 9.17) is 9.47 Å². The van der Waals surface area contributed by atoms with E-state index in [1.165, 1.54) is 38.5 Å². The molecule has 2 bridgehead atoms. The van der Waals surface area contributed by atoms with Gasteiger partial charge in [-0.25, -0.2) is 0 Å². The van der Waals surface area contributed by atoms with Gasteiger partial charge >= 0.3 is 0 Å². The van der Waals surface area contributed by atoms with Crippen LogP contribution >= 0.6 is 0 Å². The predicted molar refractivity (Wildman–Crippen MR) is 74.4 cm³/mol. The van der Waals surface area contributed by atoms with E-state index in [0.29, 0.717) is 5.41 Å². The molecule has 104 valence electrons. The molecule has 0 N–H and O–H groups in total. The van der Waals surface area contributed by atoms with Crippen molar-refractivity contribution < 1.29 is 9.47 Å². The molecule has 0 heterocycles. The van der Waals surface area contributed by atoms with Crippen molar-refractivity contribution in [3.8, 4) is 0 Å². The van der Waals surface area contributed by atoms with Gasteiger partial charge in [0.15, 0.2) is 6.29 Å². The number of hydrogen-bond donors (Lipinski definition) is 0. The Morgan fingerprint density at radius 1 is 1.33 bits per heavy atom. The van der Waals surface area contributed by atoms with Gasteiger partial charge in [-0.15, -0.1) is 0 Å². The van der Waals surface area contributed by atoms with Crippen molar-refractivity contribution in [2.45, 2.75) is 58.2 Å². The normalized spacial score (nSPS) is 37.2. The Kier molecular flexibility index (Phi) is 4.85. The second-order valence-electron chi connectivity index (χ2n) is 6.58. The standard InChI is InChI=1S/C16H28O2/c1-4-15(17-3)18-9-8-16(2)11-13-6-5-7-14(10-13)12-16/h4,13-15H,1,5-12H2,2-3H3. The molecule has 3 atom stereocenters. The van der Waals surface area contributed by atoms with Gasteiger partial charge in [-0.3, -0.25) is 0 Å². The number of hydrogen-bond acceptors (Lipinski definition) is 2. The number of fused-ring (bicyclic) bond motifs is 2. The Balaban J connectivity index is 1.79. The molecule has 2 fully saturated rings. The quantitative estimate of drug-likeness (QED) is 0.522. The van der Waals surface area contributed by atoms with E-state index >= 15 is 0 Å². The molecular weight excluding hydrogens is 224 g/mol. The molecule has 0 aromatic rings. The summed E-state index contributed by atoms with van der Waals surface area (Å²) in [5.41, 5.74) is 0.494. The van der Waals surface area contributed by atoms with Crippen molar-refractivity contribution in [2.75, 3.05) is 13.7 Å². The molecule has 2 heteroatoms. The summed E-state index contributed by atoms with van der Waals surface area (Å²) >= 11 is 0. The van der Waals surface area contributed by atoms with Crippen LogP contribution in [0.4, 0.5) is 0 Å². The average Bonchev–Trinajstić information content (AvgIpc) is 2.34. The summed E-state index contributed by atoms with van der Waals surface area (Å²) < 4.78 is 10.8. The summed E-state index contributed by atoms with van der Waals surface area (Å²) in [6.07, 6.45) is 11.3. The second-order valence-corrected chi connectivity index (χ2v) is 6.58. The minimum atomic E-state index is -0.239. The van der Waals surface area contributed by atoms with Gasteiger partial charge in [0.25, 0.3) is 0 Å². The maximum atomic E-state index is 5.69. The number of ether oxygens (including phenoxy) is 2. The van der Waals surface area contributed by atoms with Gasteiger partial charge in [-0.2, -0.15) is 0 Å². The largest absolute Gasteiger partial charge is 0.352 e. The van der Waals surface area contributed by atoms with Gasteiger partial charge in [0.05, 0.1) is 6.61 Å². The van der Waals surface area contributed by atoms with E-state index in [2.05, 4.69) is 13.5 Å². The minimum absolute atomic E-state index is 0.239. The Morgan fingerprint density at radius 2 is 2.00 bits per heavy atom. The summed E-state index contributed by atoms with van der Waals surface area (Å²) in [5.74, 6) is 1.97. The van der Waals surface area contributed by atoms with Crippen LogP contribution < -0.4 is 0 Å². The number of methoxy groups -OCH3 is 1. The highest BCUT2D eigenvalue weighted by Crippen LogP contribution is 2.50. The van der Waals surface area contributed by atoms with Crippen molar-refractivity contribution >= 4 is 0 Å². The summed E-state index contributed by atoms with van der Waals surface area (Å²) in [6, 6.07) is 0. The molecule has 0 saturated heterocycles. The predicted octanol–water partition coefficient (Wildman–Crippen LogP) is 4.16. The zero-order chi connectivity index (χ0) is 13.0. The zero-order valence-electron chi connectivity index (χ0n) is 12.0. The lowest BCUT2D eigenvalue weighted by Crippen LogP contribution is -2.35. The second kappa shape index (κ2) is 6.21. The van der Waals surface area contributed by atoms with Crippen LogP contribution in [0.3, 0.4) is 0 Å². The minimum Gasteiger partial charge on any atom is -0.352 e. The summed E-state index contributed by atoms with van der Waals surface area (Å²) in [7, 11) is 1.67. The first-order valence-corrected chi connectivity index (χ1v) is 7.42. The Morgan fingerprint density at radius 3 is 2.56 bits per heavy atom. The maximum Gasteiger partial charge on any atom is 0.176 e. The molecule has 2 aliphatic rings. The fraction of sp³-hybridized carbons (Fsp3) is 0.875. The topological polar surface area (TPSA) is 18.5 Å². The summed E-state index contributed by atoms with van der Waals surface area (Å²) in [6.45, 7) is 6.96. The van der Waals surface area contributed by atoms with Crippen molar-refractivity contribution in [2.24, 2.45) is 17.3 Å². The van der Waals surface area contributed by atoms with Crippen LogP contribution in [-0.2, 0) is 9.47 Å². The molecule has 0 amide bonds. The first kappa shape index (κ1) is 14.1. The molecule has 0 radical (unpaired) electrons. The lowest BCUT2D eigenvalue weighted by molar-refractivity contribution is -0.101. The summed E-state index contributed by atoms with van der Waals surface area (Å²) in [5, 5.41) is 0. The van der Waals surface area contributed by atoms with E-state index in [0.717, 1.165) is 24.9 Å². The molecule has 18 heavy (non-hydrogen) atoms. The van der Waals surface area contributed by atoms with Crippen molar-refractivity contribution in [1.29, 1.82) is 0 Å². The highest BCUT2D eigenvalue weighted by molar-refractivity contribution is 4.90. The molecule has 3 unspecified atom stereocenters. The molecule has 2 aliphatic carbocycles. The van der Waals surface area contributed by atoms with Crippen LogP contribution in [-0.4, -0.2) is 20.0 Å². The molecule has 2 saturated carbocycles. The lowest BCUT2D eigenvalue weighted by Gasteiger charge is -2.45. The first-order valence-electron chi connectivity index (χ1n) is 7.42. The maximum absolute atomic E-state index is 5.69. The third-order valence-electron chi connectivity index (χ3n) is 4.87. The van der Waals surface area contributed by atoms with Crippen LogP contribution in [0.2, 0.25) is 0 Å². The van der Waals surface area contributed by atoms with Crippen LogP contribution in [0.1, 0.15) is 51.9 Å². The smallest absolute Gasteiger partial charge is 0.176 e. The van der Waals surface area contributed by atoms with Gasteiger partial charge in [-0.1, -0.05) is 32.8 Å². The van der Waals surface area contributed by atoms with E-state index in [1.54, 1.807) is 13.2 Å². The first-order chi connectivity index (χ1) is 8.65. The Bertz CT molecular complexity index is 262. The van der Waals surface area contributed by atoms with E-state index in [9.17, 15) is 0 Å². The Labute approximate surface area is 112 Å². The fourth-order valence-corrected chi connectivity index (χ4v) is 4.11. The van der Waals surface area contributed by atoms with Crippen LogP contribution in [0.15, 0.2) is 12.7 Å². The molecular formula is C16H28O2. The third kappa shape index (κ3) is 3.58. The SMILES string of the molecule is C=CC(OC)OCCC1(C)CC2CCCC(C2)C1. The van der Waals surface area contributed by atoms with Gasteiger partial charge in [-0.05, 0) is 49.0 Å². The molecule has 0 aromatic heterocycles. The van der Waals surface area contributed by atoms with Crippen LogP contribution in [0.5, 0.6) is 0 Å². The van der Waals surface area contributed by atoms with Gasteiger partial charge in [0.1, 0.15) is 0 Å². The molecule has 0 aromatic carbocycles. The van der Waals surface area contributed by atoms with Gasteiger partial charge in [0, 0.05) is 7.11 Å². The monoisotopic (exact) mass is 252 g/mol. The molecule has 2 nitrogen and oxygen atoms in total. The van der Waals surface area contributed by atoms with Crippen molar-refractivity contribution in [3.63, 3.8) is 0 Å². The van der Waals surface area contributed by atoms with Gasteiger partial charge in [0.2, 0.25) is 0 Å². The summed E-state index contributed by atoms with van der Waals surface area (Å²) in [4.78, 5) is 0.